The summed E-state index contributed by atoms with van der Waals surface area (Å²) in [5.74, 6) is 38.3. The largest absolute Gasteiger partial charge is 0.412 e. The fourth-order valence-electron chi connectivity index (χ4n) is 3.77. The first kappa shape index (κ1) is 47.9. The van der Waals surface area contributed by atoms with E-state index in [1.54, 1.807) is 22.9 Å². The van der Waals surface area contributed by atoms with E-state index in [9.17, 15) is 19.7 Å². The van der Waals surface area contributed by atoms with E-state index in [4.69, 9.17) is 28.4 Å². The molecule has 0 aliphatic heterocycles. The van der Waals surface area contributed by atoms with Crippen molar-refractivity contribution in [2.75, 3.05) is 13.2 Å². The number of ether oxygens (including phenoxy) is 1. The molecule has 1 saturated carbocycles. The predicted octanol–water partition coefficient (Wildman–Crippen LogP) is 4.48. The van der Waals surface area contributed by atoms with Crippen LogP contribution in [-0.2, 0) is 41.4 Å². The molecule has 5 N–H and O–H groups in total. The zero-order valence-corrected chi connectivity index (χ0v) is 29.5. The Balaban J connectivity index is -0.0000000610. The van der Waals surface area contributed by atoms with Crippen LogP contribution in [0.5, 0.6) is 0 Å². The van der Waals surface area contributed by atoms with E-state index in [2.05, 4.69) is 151 Å². The lowest BCUT2D eigenvalue weighted by molar-refractivity contribution is -0.757. The van der Waals surface area contributed by atoms with Gasteiger partial charge in [-0.05, 0) is 132 Å². The number of amides is 2. The van der Waals surface area contributed by atoms with Gasteiger partial charge in [0.2, 0.25) is 0 Å². The molecule has 20 nitrogen and oxygen atoms in total. The highest BCUT2D eigenvalue weighted by atomic mass is 17.8. The zero-order chi connectivity index (χ0) is 41.3. The van der Waals surface area contributed by atoms with Gasteiger partial charge in [-0.2, -0.15) is 15.1 Å². The Morgan fingerprint density at radius 2 is 1.55 bits per heavy atom. The quantitative estimate of drug-likeness (QED) is 0.0326. The van der Waals surface area contributed by atoms with Gasteiger partial charge in [-0.25, -0.2) is 10.1 Å². The van der Waals surface area contributed by atoms with E-state index in [1.165, 1.54) is 25.5 Å². The Bertz CT molecular complexity index is 1980. The van der Waals surface area contributed by atoms with Crippen LogP contribution in [-0.4, -0.2) is 41.5 Å². The molecule has 56 heavy (non-hydrogen) atoms. The third-order valence-corrected chi connectivity index (χ3v) is 5.94. The van der Waals surface area contributed by atoms with Crippen molar-refractivity contribution in [3.05, 3.63) is 40.2 Å². The van der Waals surface area contributed by atoms with Crippen molar-refractivity contribution in [2.45, 2.75) is 51.8 Å². The maximum atomic E-state index is 12.0. The number of rotatable bonds is 15. The second-order valence-corrected chi connectivity index (χ2v) is 9.48. The van der Waals surface area contributed by atoms with Gasteiger partial charge in [-0.1, -0.05) is 19.3 Å². The molecule has 20 heteroatoms. The molecule has 1 aromatic heterocycles. The second-order valence-electron chi connectivity index (χ2n) is 9.48. The summed E-state index contributed by atoms with van der Waals surface area (Å²) in [6, 6.07) is 3.30. The molecular formula is C36H56N8O12+2. The topological polar surface area (TPSA) is 254 Å². The van der Waals surface area contributed by atoms with Crippen LogP contribution in [0.3, 0.4) is 0 Å². The van der Waals surface area contributed by atoms with Crippen LogP contribution in [0.4, 0.5) is 4.79 Å². The van der Waals surface area contributed by atoms with Crippen LogP contribution in [0.25, 0.3) is 0 Å². The van der Waals surface area contributed by atoms with Crippen molar-refractivity contribution in [3.8, 4) is 108 Å². The highest BCUT2D eigenvalue weighted by Gasteiger charge is 2.22. The summed E-state index contributed by atoms with van der Waals surface area (Å²) in [7, 11) is 0. The maximum absolute atomic E-state index is 12.0. The van der Waals surface area contributed by atoms with Crippen LogP contribution in [0.15, 0.2) is 40.3 Å². The second kappa shape index (κ2) is 35.3. The molecule has 0 aromatic carbocycles. The van der Waals surface area contributed by atoms with E-state index >= 15 is 0 Å². The molecule has 1 heterocycles. The summed E-state index contributed by atoms with van der Waals surface area (Å²) in [6.45, 7) is 1.74. The first-order valence-electron chi connectivity index (χ1n) is 15.4. The lowest BCUT2D eigenvalue weighted by Gasteiger charge is -2.27. The summed E-state index contributed by atoms with van der Waals surface area (Å²) in [4.78, 5) is 41.9. The van der Waals surface area contributed by atoms with E-state index in [0.717, 1.165) is 12.8 Å². The van der Waals surface area contributed by atoms with Gasteiger partial charge in [0.15, 0.2) is 12.4 Å². The normalized spacial score (nSPS) is 10.6. The molecule has 1 aliphatic carbocycles. The van der Waals surface area contributed by atoms with E-state index in [1.807, 2.05) is 6.92 Å². The summed E-state index contributed by atoms with van der Waals surface area (Å²) in [6.07, 6.45) is 18.4. The van der Waals surface area contributed by atoms with Crippen molar-refractivity contribution in [3.63, 3.8) is 0 Å². The summed E-state index contributed by atoms with van der Waals surface area (Å²) < 4.78 is 6.80. The number of nitrogens with zero attached hydrogens (tertiary/aromatic N) is 5. The summed E-state index contributed by atoms with van der Waals surface area (Å²) >= 11 is 0. The number of pyridine rings is 1. The number of terminal acetylenes is 2. The number of hydrogen-bond acceptors (Lipinski definition) is 13. The smallest absolute Gasteiger partial charge is 0.388 e. The van der Waals surface area contributed by atoms with Gasteiger partial charge in [-0.3, -0.25) is 4.79 Å². The van der Waals surface area contributed by atoms with Crippen molar-refractivity contribution in [2.24, 2.45) is 21.6 Å². The fraction of sp³-hybridized carbons (Fsp3) is 0.306. The van der Waals surface area contributed by atoms with Crippen molar-refractivity contribution in [1.29, 1.82) is 5.53 Å². The molecule has 1 aliphatic rings. The van der Waals surface area contributed by atoms with Crippen LogP contribution in [0, 0.1) is 129 Å². The average molecular weight is 793 g/mol. The zero-order valence-electron chi connectivity index (χ0n) is 29.5. The van der Waals surface area contributed by atoms with Crippen LogP contribution in [0.1, 0.15) is 66.5 Å². The number of carbonyl (C=O) groups is 2. The molecule has 0 radical (unpaired) electrons. The molecule has 1 fully saturated rings. The monoisotopic (exact) mass is 792 g/mol. The molecule has 0 unspecified atom stereocenters. The average Bonchev–Trinajstić information content (AvgIpc) is 3.21. The first-order chi connectivity index (χ1) is 27.3. The standard InChI is InChI=1S/C18H26N4O6.C18H2.H2N4O6.12H2/c1-14(15-6-3-2-4-7-15)20-18(24)27-13-21-10-5-8-16(12-21)17(23)19-9-11-28-22(25)26;1-3-5-7-9-11-13-15-17-18-16-14-12-10-8-6-4-2;1-2-3-4-6-8-10-9-7-5;;;;;;;;;;;;/h5,8,10,12,14-15H,2-4,6-7,9,11,13H2,1H3,(H-,19,20,23,24);1-2H;1,5H;12*1H/p+2/b;;2-1?,4-3+;;;;;;;;;;;;/t14-;;;;;;;;;;;;;;/m0............../s1. The number of hydrogen-bond donors (Lipinski definition) is 3. The maximum Gasteiger partial charge on any atom is 0.412 e. The van der Waals surface area contributed by atoms with E-state index in [-0.39, 0.29) is 43.0 Å². The summed E-state index contributed by atoms with van der Waals surface area (Å²) in [5.41, 5.74) is 6.36. The minimum atomic E-state index is -0.917. The van der Waals surface area contributed by atoms with Gasteiger partial charge in [-0.15, -0.1) is 23.0 Å². The van der Waals surface area contributed by atoms with Gasteiger partial charge in [0.25, 0.3) is 17.7 Å². The molecule has 2 rings (SSSR count). The third-order valence-electron chi connectivity index (χ3n) is 5.94. The molecule has 0 saturated heterocycles. The number of aromatic nitrogens is 1. The molecule has 1 aromatic rings. The van der Waals surface area contributed by atoms with Crippen molar-refractivity contribution >= 4 is 12.0 Å². The van der Waals surface area contributed by atoms with E-state index in [0.29, 0.717) is 11.5 Å². The van der Waals surface area contributed by atoms with Crippen LogP contribution in [0.2, 0.25) is 0 Å². The molecule has 0 bridgehead atoms. The highest BCUT2D eigenvalue weighted by molar-refractivity contribution is 5.93. The van der Waals surface area contributed by atoms with Crippen molar-refractivity contribution < 1.29 is 76.3 Å². The SMILES string of the molecule is C#CC#CC#CC#CC#CC#CC#CC#CC#C.C[C@H](NC(=O)OC[n+]1cccc(C(=O)NCCO[N+](=O)[O-])c1)C1CCCCC1.N=N/N=N/OOOOO[OH2+].[HH].[HH].[HH].[HH].[HH].[HH].[HH].[HH].[HH].[HH].[HH].[HH]. The molecule has 1 atom stereocenters. The van der Waals surface area contributed by atoms with E-state index < -0.39 is 17.1 Å². The molecule has 310 valence electrons. The van der Waals surface area contributed by atoms with Gasteiger partial charge < -0.3 is 20.2 Å². The minimum absolute atomic E-state index is 0. The predicted molar refractivity (Wildman–Crippen MR) is 214 cm³/mol. The molecular weight excluding hydrogens is 736 g/mol. The number of nitrogens with one attached hydrogen (secondary N) is 3. The Kier molecular flexibility index (Phi) is 30.2. The highest BCUT2D eigenvalue weighted by Crippen LogP contribution is 2.26. The summed E-state index contributed by atoms with van der Waals surface area (Å²) in [5, 5.41) is 41.4. The molecule has 0 spiro atoms. The minimum Gasteiger partial charge on any atom is -0.388 e. The lowest BCUT2D eigenvalue weighted by Crippen LogP contribution is -2.43. The van der Waals surface area contributed by atoms with Crippen molar-refractivity contribution in [1.82, 2.24) is 10.6 Å². The molecule has 2 amide bonds. The van der Waals surface area contributed by atoms with Gasteiger partial charge in [0.05, 0.1) is 5.28 Å². The fourth-order valence-corrected chi connectivity index (χ4v) is 3.77. The first-order valence-corrected chi connectivity index (χ1v) is 15.4. The van der Waals surface area contributed by atoms with Gasteiger partial charge in [0, 0.05) is 56.1 Å². The van der Waals surface area contributed by atoms with Gasteiger partial charge >= 0.3 is 6.09 Å². The number of alkyl carbamates (subject to hydrolysis) is 1. The van der Waals surface area contributed by atoms with Gasteiger partial charge in [0.1, 0.15) is 17.2 Å². The Morgan fingerprint density at radius 3 is 2.07 bits per heavy atom. The Morgan fingerprint density at radius 1 is 0.982 bits per heavy atom. The number of carbonyl (C=O) groups excluding carboxylic acids is 2. The Hall–Kier alpha value is -8.07. The lowest BCUT2D eigenvalue weighted by atomic mass is 9.85. The van der Waals surface area contributed by atoms with Crippen LogP contribution < -0.4 is 15.2 Å². The third kappa shape index (κ3) is 29.6. The van der Waals surface area contributed by atoms with Crippen LogP contribution >= 0.6 is 0 Å². The Labute approximate surface area is 339 Å².